The summed E-state index contributed by atoms with van der Waals surface area (Å²) >= 11 is 5.92. The highest BCUT2D eigenvalue weighted by Gasteiger charge is 2.23. The highest BCUT2D eigenvalue weighted by atomic mass is 32.2. The van der Waals surface area contributed by atoms with Crippen LogP contribution >= 0.6 is 23.6 Å². The second kappa shape index (κ2) is 5.96. The number of aromatic nitrogens is 1. The van der Waals surface area contributed by atoms with E-state index in [0.29, 0.717) is 4.88 Å². The Hall–Kier alpha value is -1.35. The molecule has 0 saturated heterocycles. The van der Waals surface area contributed by atoms with Gasteiger partial charge in [0.15, 0.2) is 0 Å². The van der Waals surface area contributed by atoms with Gasteiger partial charge in [0, 0.05) is 26.0 Å². The number of sulfonamides is 1. The van der Waals surface area contributed by atoms with Gasteiger partial charge in [-0.05, 0) is 29.8 Å². The Bertz CT molecular complexity index is 711. The molecule has 0 aliphatic rings. The Labute approximate surface area is 127 Å². The van der Waals surface area contributed by atoms with E-state index in [9.17, 15) is 8.42 Å². The first-order valence-electron chi connectivity index (χ1n) is 5.66. The molecule has 0 unspecified atom stereocenters. The monoisotopic (exact) mass is 327 g/mol. The summed E-state index contributed by atoms with van der Waals surface area (Å²) in [5.74, 6) is 0. The van der Waals surface area contributed by atoms with Crippen LogP contribution in [0.15, 0.2) is 40.9 Å². The van der Waals surface area contributed by atoms with E-state index < -0.39 is 10.0 Å². The first-order valence-corrected chi connectivity index (χ1v) is 8.32. The average molecular weight is 327 g/mol. The van der Waals surface area contributed by atoms with Crippen LogP contribution in [0.4, 0.5) is 0 Å². The fourth-order valence-electron chi connectivity index (χ4n) is 1.58. The zero-order valence-corrected chi connectivity index (χ0v) is 13.1. The summed E-state index contributed by atoms with van der Waals surface area (Å²) in [6.07, 6.45) is 3.26. The molecule has 106 valence electrons. The summed E-state index contributed by atoms with van der Waals surface area (Å²) in [7, 11) is -2.00. The zero-order valence-electron chi connectivity index (χ0n) is 10.7. The minimum atomic E-state index is -3.53. The second-order valence-corrected chi connectivity index (χ2v) is 7.89. The smallest absolute Gasteiger partial charge is 0.252 e. The number of pyridine rings is 1. The molecule has 5 nitrogen and oxygen atoms in total. The lowest BCUT2D eigenvalue weighted by Crippen LogP contribution is -2.25. The lowest BCUT2D eigenvalue weighted by atomic mass is 10.3. The third-order valence-electron chi connectivity index (χ3n) is 2.64. The summed E-state index contributed by atoms with van der Waals surface area (Å²) in [6.45, 7) is 0.283. The Morgan fingerprint density at radius 1 is 1.35 bits per heavy atom. The molecule has 2 rings (SSSR count). The van der Waals surface area contributed by atoms with Crippen LogP contribution in [0.5, 0.6) is 0 Å². The summed E-state index contributed by atoms with van der Waals surface area (Å²) in [6, 6.07) is 6.71. The van der Waals surface area contributed by atoms with Crippen LogP contribution in [0.25, 0.3) is 0 Å². The summed E-state index contributed by atoms with van der Waals surface area (Å²) in [5, 5.41) is 0. The molecule has 0 bridgehead atoms. The number of hydrogen-bond acceptors (Lipinski definition) is 5. The fourth-order valence-corrected chi connectivity index (χ4v) is 4.30. The molecule has 2 aromatic rings. The molecule has 2 N–H and O–H groups in total. The number of thiophene rings is 1. The van der Waals surface area contributed by atoms with Gasteiger partial charge >= 0.3 is 0 Å². The van der Waals surface area contributed by atoms with Crippen molar-refractivity contribution in [2.75, 3.05) is 7.05 Å². The third-order valence-corrected chi connectivity index (χ3v) is 6.38. The molecular weight excluding hydrogens is 314 g/mol. The molecule has 0 aliphatic carbocycles. The van der Waals surface area contributed by atoms with Crippen molar-refractivity contribution in [2.45, 2.75) is 10.8 Å². The zero-order chi connectivity index (χ0) is 14.8. The molecular formula is C12H13N3O2S3. The van der Waals surface area contributed by atoms with E-state index in [4.69, 9.17) is 18.0 Å². The number of hydrogen-bond donors (Lipinski definition) is 1. The molecule has 2 heterocycles. The van der Waals surface area contributed by atoms with E-state index in [1.54, 1.807) is 30.6 Å². The van der Waals surface area contributed by atoms with Crippen LogP contribution in [0.3, 0.4) is 0 Å². The Kier molecular flexibility index (Phi) is 4.48. The molecule has 2 aromatic heterocycles. The molecule has 0 spiro atoms. The van der Waals surface area contributed by atoms with E-state index in [1.165, 1.54) is 17.4 Å². The van der Waals surface area contributed by atoms with Crippen molar-refractivity contribution in [1.82, 2.24) is 9.29 Å². The minimum Gasteiger partial charge on any atom is -0.389 e. The normalized spacial score (nSPS) is 11.7. The topological polar surface area (TPSA) is 76.3 Å². The number of nitrogens with two attached hydrogens (primary N) is 1. The summed E-state index contributed by atoms with van der Waals surface area (Å²) < 4.78 is 26.3. The van der Waals surface area contributed by atoms with Gasteiger partial charge in [-0.15, -0.1) is 11.3 Å². The molecule has 0 saturated carbocycles. The number of nitrogens with zero attached hydrogens (tertiary/aromatic N) is 2. The van der Waals surface area contributed by atoms with E-state index >= 15 is 0 Å². The largest absolute Gasteiger partial charge is 0.389 e. The van der Waals surface area contributed by atoms with Crippen LogP contribution in [-0.2, 0) is 16.6 Å². The van der Waals surface area contributed by atoms with Crippen molar-refractivity contribution in [1.29, 1.82) is 0 Å². The minimum absolute atomic E-state index is 0.202. The lowest BCUT2D eigenvalue weighted by molar-refractivity contribution is 0.468. The van der Waals surface area contributed by atoms with Gasteiger partial charge in [-0.3, -0.25) is 4.98 Å². The van der Waals surface area contributed by atoms with Crippen LogP contribution in [0, 0.1) is 0 Å². The van der Waals surface area contributed by atoms with Gasteiger partial charge in [-0.25, -0.2) is 8.42 Å². The summed E-state index contributed by atoms with van der Waals surface area (Å²) in [4.78, 5) is 4.70. The predicted octanol–water partition coefficient (Wildman–Crippen LogP) is 1.60. The van der Waals surface area contributed by atoms with E-state index in [-0.39, 0.29) is 15.7 Å². The molecule has 8 heteroatoms. The molecule has 0 aromatic carbocycles. The van der Waals surface area contributed by atoms with Gasteiger partial charge in [0.1, 0.15) is 9.20 Å². The van der Waals surface area contributed by atoms with Crippen molar-refractivity contribution in [3.05, 3.63) is 47.1 Å². The Morgan fingerprint density at radius 3 is 2.55 bits per heavy atom. The van der Waals surface area contributed by atoms with Crippen LogP contribution in [0.1, 0.15) is 10.4 Å². The Morgan fingerprint density at radius 2 is 2.00 bits per heavy atom. The van der Waals surface area contributed by atoms with Gasteiger partial charge < -0.3 is 5.73 Å². The quantitative estimate of drug-likeness (QED) is 0.844. The van der Waals surface area contributed by atoms with E-state index in [1.807, 2.05) is 0 Å². The SMILES string of the molecule is CN(Cc1ccncc1)S(=O)(=O)c1ccc(C(N)=S)s1. The first-order chi connectivity index (χ1) is 9.41. The third kappa shape index (κ3) is 3.21. The number of rotatable bonds is 5. The molecule has 0 aliphatic heterocycles. The maximum absolute atomic E-state index is 12.4. The first kappa shape index (κ1) is 15.0. The van der Waals surface area contributed by atoms with Gasteiger partial charge in [0.05, 0.1) is 4.88 Å². The van der Waals surface area contributed by atoms with Crippen LogP contribution < -0.4 is 5.73 Å². The molecule has 0 radical (unpaired) electrons. The van der Waals surface area contributed by atoms with Gasteiger partial charge in [0.25, 0.3) is 10.0 Å². The van der Waals surface area contributed by atoms with Gasteiger partial charge in [-0.1, -0.05) is 12.2 Å². The number of thiocarbonyl (C=S) groups is 1. The lowest BCUT2D eigenvalue weighted by Gasteiger charge is -2.15. The van der Waals surface area contributed by atoms with Crippen molar-refractivity contribution in [3.63, 3.8) is 0 Å². The average Bonchev–Trinajstić information content (AvgIpc) is 2.90. The van der Waals surface area contributed by atoms with Crippen LogP contribution in [0.2, 0.25) is 0 Å². The molecule has 0 amide bonds. The van der Waals surface area contributed by atoms with Crippen molar-refractivity contribution >= 4 is 38.6 Å². The summed E-state index contributed by atoms with van der Waals surface area (Å²) in [5.41, 5.74) is 6.37. The maximum atomic E-state index is 12.4. The van der Waals surface area contributed by atoms with E-state index in [0.717, 1.165) is 16.9 Å². The molecule has 0 atom stereocenters. The molecule has 0 fully saturated rings. The molecule has 20 heavy (non-hydrogen) atoms. The standard InChI is InChI=1S/C12H13N3O2S3/c1-15(8-9-4-6-14-7-5-9)20(16,17)11-3-2-10(19-11)12(13)18/h2-7H,8H2,1H3,(H2,13,18). The van der Waals surface area contributed by atoms with Crippen molar-refractivity contribution < 1.29 is 8.42 Å². The second-order valence-electron chi connectivity index (χ2n) is 4.10. The van der Waals surface area contributed by atoms with Crippen LogP contribution in [-0.4, -0.2) is 29.7 Å². The fraction of sp³-hybridized carbons (Fsp3) is 0.167. The highest BCUT2D eigenvalue weighted by molar-refractivity contribution is 7.91. The maximum Gasteiger partial charge on any atom is 0.252 e. The Balaban J connectivity index is 2.23. The van der Waals surface area contributed by atoms with Gasteiger partial charge in [-0.2, -0.15) is 4.31 Å². The van der Waals surface area contributed by atoms with Gasteiger partial charge in [0.2, 0.25) is 0 Å². The predicted molar refractivity (Wildman–Crippen MR) is 83.1 cm³/mol. The van der Waals surface area contributed by atoms with E-state index in [2.05, 4.69) is 4.98 Å². The highest BCUT2D eigenvalue weighted by Crippen LogP contribution is 2.25. The van der Waals surface area contributed by atoms with Crippen molar-refractivity contribution in [2.24, 2.45) is 5.73 Å². The van der Waals surface area contributed by atoms with Crippen molar-refractivity contribution in [3.8, 4) is 0 Å².